The number of hydrogen-bond donors (Lipinski definition) is 1. The van der Waals surface area contributed by atoms with Crippen molar-refractivity contribution in [1.29, 1.82) is 0 Å². The van der Waals surface area contributed by atoms with E-state index < -0.39 is 0 Å². The molecule has 1 amide bonds. The summed E-state index contributed by atoms with van der Waals surface area (Å²) in [5.74, 6) is 2.21. The first-order valence-corrected chi connectivity index (χ1v) is 10.4. The quantitative estimate of drug-likeness (QED) is 0.736. The number of aromatic nitrogens is 3. The molecule has 0 radical (unpaired) electrons. The van der Waals surface area contributed by atoms with Crippen LogP contribution in [-0.4, -0.2) is 27.1 Å². The number of hydrogen-bond acceptors (Lipinski definition) is 4. The van der Waals surface area contributed by atoms with Crippen LogP contribution >= 0.6 is 0 Å². The molecule has 1 aliphatic heterocycles. The molecule has 29 heavy (non-hydrogen) atoms. The Morgan fingerprint density at radius 1 is 1.24 bits per heavy atom. The molecule has 1 saturated carbocycles. The molecule has 1 aromatic carbocycles. The van der Waals surface area contributed by atoms with E-state index in [-0.39, 0.29) is 23.3 Å². The van der Waals surface area contributed by atoms with Crippen molar-refractivity contribution in [2.45, 2.75) is 51.0 Å². The molecule has 6 nitrogen and oxygen atoms in total. The zero-order valence-corrected chi connectivity index (χ0v) is 17.1. The lowest BCUT2D eigenvalue weighted by molar-refractivity contribution is -0.123. The Morgan fingerprint density at radius 2 is 2.10 bits per heavy atom. The van der Waals surface area contributed by atoms with Gasteiger partial charge in [0.1, 0.15) is 5.75 Å². The highest BCUT2D eigenvalue weighted by molar-refractivity contribution is 5.85. The Labute approximate surface area is 170 Å². The van der Waals surface area contributed by atoms with Gasteiger partial charge < -0.3 is 10.1 Å². The summed E-state index contributed by atoms with van der Waals surface area (Å²) in [6.45, 7) is 7.02. The first kappa shape index (κ1) is 18.2. The van der Waals surface area contributed by atoms with Crippen LogP contribution in [0.1, 0.15) is 62.5 Å². The zero-order chi connectivity index (χ0) is 20.2. The maximum absolute atomic E-state index is 13.1. The monoisotopic (exact) mass is 390 g/mol. The minimum absolute atomic E-state index is 0.0193. The van der Waals surface area contributed by atoms with Crippen LogP contribution in [0.25, 0.3) is 5.65 Å². The summed E-state index contributed by atoms with van der Waals surface area (Å²) in [7, 11) is 0. The summed E-state index contributed by atoms with van der Waals surface area (Å²) >= 11 is 0. The normalized spacial score (nSPS) is 23.7. The SMILES string of the molecule is CC(C)c1ccc2c(c1)[C@]1(CCO2)C[C@H]1C(=O)NC(C)c1nnc2ccccn12. The zero-order valence-electron chi connectivity index (χ0n) is 17.1. The molecule has 6 heteroatoms. The van der Waals surface area contributed by atoms with Gasteiger partial charge in [0.15, 0.2) is 11.5 Å². The summed E-state index contributed by atoms with van der Waals surface area (Å²) in [4.78, 5) is 13.1. The Hall–Kier alpha value is -2.89. The fourth-order valence-electron chi connectivity index (χ4n) is 4.66. The van der Waals surface area contributed by atoms with Gasteiger partial charge in [-0.3, -0.25) is 9.20 Å². The van der Waals surface area contributed by atoms with E-state index in [0.717, 1.165) is 30.1 Å². The molecule has 1 N–H and O–H groups in total. The van der Waals surface area contributed by atoms with Crippen LogP contribution in [0.5, 0.6) is 5.75 Å². The number of fused-ring (bicyclic) bond motifs is 3. The number of carbonyl (C=O) groups excluding carboxylic acids is 1. The van der Waals surface area contributed by atoms with E-state index in [0.29, 0.717) is 12.5 Å². The Balaban J connectivity index is 1.38. The van der Waals surface area contributed by atoms with Crippen molar-refractivity contribution in [2.24, 2.45) is 5.92 Å². The molecule has 1 spiro atoms. The number of pyridine rings is 1. The highest BCUT2D eigenvalue weighted by atomic mass is 16.5. The molecule has 5 rings (SSSR count). The lowest BCUT2D eigenvalue weighted by atomic mass is 9.85. The summed E-state index contributed by atoms with van der Waals surface area (Å²) in [5, 5.41) is 11.6. The third-order valence-electron chi connectivity index (χ3n) is 6.49. The second-order valence-corrected chi connectivity index (χ2v) is 8.64. The minimum atomic E-state index is -0.209. The van der Waals surface area contributed by atoms with Crippen LogP contribution in [-0.2, 0) is 10.2 Å². The average Bonchev–Trinajstić information content (AvgIpc) is 3.27. The van der Waals surface area contributed by atoms with Crippen molar-refractivity contribution in [2.75, 3.05) is 6.61 Å². The van der Waals surface area contributed by atoms with Crippen molar-refractivity contribution in [1.82, 2.24) is 19.9 Å². The highest BCUT2D eigenvalue weighted by Gasteiger charge is 2.61. The molecular weight excluding hydrogens is 364 g/mol. The molecule has 0 bridgehead atoms. The Bertz CT molecular complexity index is 1090. The molecule has 0 saturated heterocycles. The Morgan fingerprint density at radius 3 is 2.93 bits per heavy atom. The molecule has 2 aliphatic rings. The topological polar surface area (TPSA) is 68.5 Å². The number of benzene rings is 1. The molecule has 3 aromatic rings. The van der Waals surface area contributed by atoms with Crippen molar-refractivity contribution in [3.63, 3.8) is 0 Å². The molecular formula is C23H26N4O2. The van der Waals surface area contributed by atoms with E-state index in [1.54, 1.807) is 0 Å². The van der Waals surface area contributed by atoms with Gasteiger partial charge in [-0.25, -0.2) is 0 Å². The van der Waals surface area contributed by atoms with Gasteiger partial charge in [-0.05, 0) is 49.4 Å². The van der Waals surface area contributed by atoms with Crippen molar-refractivity contribution in [3.05, 3.63) is 59.5 Å². The summed E-state index contributed by atoms with van der Waals surface area (Å²) in [6, 6.07) is 12.0. The average molecular weight is 390 g/mol. The van der Waals surface area contributed by atoms with Gasteiger partial charge in [0.25, 0.3) is 0 Å². The largest absolute Gasteiger partial charge is 0.493 e. The predicted molar refractivity (Wildman–Crippen MR) is 110 cm³/mol. The van der Waals surface area contributed by atoms with Gasteiger partial charge in [0.05, 0.1) is 12.6 Å². The number of amides is 1. The number of nitrogens with one attached hydrogen (secondary N) is 1. The molecule has 150 valence electrons. The molecule has 1 aliphatic carbocycles. The smallest absolute Gasteiger partial charge is 0.224 e. The van der Waals surface area contributed by atoms with Gasteiger partial charge in [-0.1, -0.05) is 32.0 Å². The highest BCUT2D eigenvalue weighted by Crippen LogP contribution is 2.61. The standard InChI is InChI=1S/C23H26N4O2/c1-14(2)16-7-8-19-17(12-16)23(9-11-29-19)13-18(23)22(28)24-15(3)21-26-25-20-6-4-5-10-27(20)21/h4-8,10,12,14-15,18H,9,11,13H2,1-3H3,(H,24,28)/t15?,18-,23-/m0/s1. The summed E-state index contributed by atoms with van der Waals surface area (Å²) in [5.41, 5.74) is 3.19. The van der Waals surface area contributed by atoms with Gasteiger partial charge >= 0.3 is 0 Å². The second kappa shape index (κ2) is 6.58. The maximum atomic E-state index is 13.1. The van der Waals surface area contributed by atoms with Crippen molar-refractivity contribution < 1.29 is 9.53 Å². The number of nitrogens with zero attached hydrogens (tertiary/aromatic N) is 3. The molecule has 3 atom stereocenters. The maximum Gasteiger partial charge on any atom is 0.224 e. The van der Waals surface area contributed by atoms with E-state index in [4.69, 9.17) is 4.74 Å². The van der Waals surface area contributed by atoms with Crippen molar-refractivity contribution >= 4 is 11.6 Å². The van der Waals surface area contributed by atoms with E-state index in [9.17, 15) is 4.79 Å². The van der Waals surface area contributed by atoms with Crippen LogP contribution in [0.2, 0.25) is 0 Å². The van der Waals surface area contributed by atoms with Gasteiger partial charge in [0, 0.05) is 23.1 Å². The van der Waals surface area contributed by atoms with Crippen LogP contribution < -0.4 is 10.1 Å². The lowest BCUT2D eigenvalue weighted by Crippen LogP contribution is -2.33. The number of ether oxygens (including phenoxy) is 1. The third kappa shape index (κ3) is 2.89. The summed E-state index contributed by atoms with van der Waals surface area (Å²) in [6.07, 6.45) is 3.69. The van der Waals surface area contributed by atoms with E-state index in [1.165, 1.54) is 11.1 Å². The second-order valence-electron chi connectivity index (χ2n) is 8.64. The molecule has 1 unspecified atom stereocenters. The van der Waals surface area contributed by atoms with E-state index in [2.05, 4.69) is 47.6 Å². The number of carbonyl (C=O) groups is 1. The van der Waals surface area contributed by atoms with Crippen molar-refractivity contribution in [3.8, 4) is 5.75 Å². The van der Waals surface area contributed by atoms with Gasteiger partial charge in [-0.2, -0.15) is 0 Å². The van der Waals surface area contributed by atoms with E-state index >= 15 is 0 Å². The molecule has 3 heterocycles. The van der Waals surface area contributed by atoms with Crippen LogP contribution in [0.4, 0.5) is 0 Å². The molecule has 2 aromatic heterocycles. The lowest BCUT2D eigenvalue weighted by Gasteiger charge is -2.28. The van der Waals surface area contributed by atoms with Crippen LogP contribution in [0.3, 0.4) is 0 Å². The third-order valence-corrected chi connectivity index (χ3v) is 6.49. The van der Waals surface area contributed by atoms with Gasteiger partial charge in [0.2, 0.25) is 5.91 Å². The molecule has 1 fully saturated rings. The Kier molecular flexibility index (Phi) is 4.12. The minimum Gasteiger partial charge on any atom is -0.493 e. The van der Waals surface area contributed by atoms with E-state index in [1.807, 2.05) is 35.7 Å². The fraction of sp³-hybridized carbons (Fsp3) is 0.435. The number of rotatable bonds is 4. The summed E-state index contributed by atoms with van der Waals surface area (Å²) < 4.78 is 7.82. The fourth-order valence-corrected chi connectivity index (χ4v) is 4.66. The predicted octanol–water partition coefficient (Wildman–Crippen LogP) is 3.77. The van der Waals surface area contributed by atoms with Crippen LogP contribution in [0.15, 0.2) is 42.6 Å². The first-order valence-electron chi connectivity index (χ1n) is 10.4. The van der Waals surface area contributed by atoms with Gasteiger partial charge in [-0.15, -0.1) is 10.2 Å². The first-order chi connectivity index (χ1) is 14.0. The van der Waals surface area contributed by atoms with Crippen LogP contribution in [0, 0.1) is 5.92 Å².